The van der Waals surface area contributed by atoms with Crippen LogP contribution in [0.4, 0.5) is 0 Å². The van der Waals surface area contributed by atoms with Gasteiger partial charge in [-0.15, -0.1) is 0 Å². The number of hydrogen-bond donors (Lipinski definition) is 2. The summed E-state index contributed by atoms with van der Waals surface area (Å²) in [5, 5.41) is 3.79. The monoisotopic (exact) mass is 283 g/mol. The van der Waals surface area contributed by atoms with Crippen molar-refractivity contribution < 1.29 is 0 Å². The molecule has 1 atom stereocenters. The van der Waals surface area contributed by atoms with E-state index >= 15 is 0 Å². The summed E-state index contributed by atoms with van der Waals surface area (Å²) >= 11 is 0. The standard InChI is InChI=1S/C18H25N3/c1-2-17(18-19-12-13-20-18)21-16-10-8-15(9-11-16)14-6-4-3-5-7-14/h3-7,12-13,15-17,21H,2,8-11H2,1H3,(H,19,20). The molecule has 1 aliphatic rings. The molecule has 2 aromatic rings. The van der Waals surface area contributed by atoms with Crippen LogP contribution in [0.25, 0.3) is 0 Å². The Kier molecular flexibility index (Phi) is 4.71. The van der Waals surface area contributed by atoms with Crippen LogP contribution < -0.4 is 5.32 Å². The number of hydrogen-bond acceptors (Lipinski definition) is 2. The lowest BCUT2D eigenvalue weighted by atomic mass is 9.81. The van der Waals surface area contributed by atoms with Crippen LogP contribution in [-0.2, 0) is 0 Å². The fourth-order valence-electron chi connectivity index (χ4n) is 3.46. The van der Waals surface area contributed by atoms with Crippen molar-refractivity contribution in [3.63, 3.8) is 0 Å². The highest BCUT2D eigenvalue weighted by Crippen LogP contribution is 2.33. The molecule has 0 radical (unpaired) electrons. The van der Waals surface area contributed by atoms with Gasteiger partial charge in [0.25, 0.3) is 0 Å². The van der Waals surface area contributed by atoms with Gasteiger partial charge in [-0.1, -0.05) is 37.3 Å². The second-order valence-corrected chi connectivity index (χ2v) is 6.06. The third-order valence-corrected chi connectivity index (χ3v) is 4.69. The normalized spacial score (nSPS) is 23.9. The van der Waals surface area contributed by atoms with Gasteiger partial charge in [0.15, 0.2) is 0 Å². The van der Waals surface area contributed by atoms with Gasteiger partial charge < -0.3 is 10.3 Å². The fraction of sp³-hybridized carbons (Fsp3) is 0.500. The van der Waals surface area contributed by atoms with Crippen LogP contribution >= 0.6 is 0 Å². The predicted octanol–water partition coefficient (Wildman–Crippen LogP) is 4.18. The van der Waals surface area contributed by atoms with Gasteiger partial charge in [-0.2, -0.15) is 0 Å². The first-order valence-electron chi connectivity index (χ1n) is 8.17. The highest BCUT2D eigenvalue weighted by atomic mass is 15.0. The largest absolute Gasteiger partial charge is 0.347 e. The maximum atomic E-state index is 4.40. The lowest BCUT2D eigenvalue weighted by Gasteiger charge is -2.31. The van der Waals surface area contributed by atoms with Crippen LogP contribution in [0.2, 0.25) is 0 Å². The van der Waals surface area contributed by atoms with Gasteiger partial charge in [0, 0.05) is 18.4 Å². The molecule has 21 heavy (non-hydrogen) atoms. The maximum Gasteiger partial charge on any atom is 0.123 e. The molecule has 1 aromatic carbocycles. The van der Waals surface area contributed by atoms with E-state index in [4.69, 9.17) is 0 Å². The van der Waals surface area contributed by atoms with E-state index in [1.807, 2.05) is 12.4 Å². The smallest absolute Gasteiger partial charge is 0.123 e. The quantitative estimate of drug-likeness (QED) is 0.864. The molecule has 0 amide bonds. The van der Waals surface area contributed by atoms with Crippen LogP contribution in [0.15, 0.2) is 42.7 Å². The zero-order valence-electron chi connectivity index (χ0n) is 12.8. The van der Waals surface area contributed by atoms with Crippen LogP contribution in [0.1, 0.15) is 62.4 Å². The van der Waals surface area contributed by atoms with Crippen LogP contribution in [0.5, 0.6) is 0 Å². The number of aromatic amines is 1. The molecule has 3 heteroatoms. The topological polar surface area (TPSA) is 40.7 Å². The van der Waals surface area contributed by atoms with Crippen molar-refractivity contribution in [2.45, 2.75) is 57.0 Å². The van der Waals surface area contributed by atoms with Crippen LogP contribution in [0, 0.1) is 0 Å². The molecule has 112 valence electrons. The van der Waals surface area contributed by atoms with Crippen molar-refractivity contribution >= 4 is 0 Å². The third-order valence-electron chi connectivity index (χ3n) is 4.69. The Balaban J connectivity index is 1.54. The molecule has 0 saturated heterocycles. The van der Waals surface area contributed by atoms with Gasteiger partial charge in [0.05, 0.1) is 6.04 Å². The summed E-state index contributed by atoms with van der Waals surface area (Å²) < 4.78 is 0. The lowest BCUT2D eigenvalue weighted by molar-refractivity contribution is 0.308. The lowest BCUT2D eigenvalue weighted by Crippen LogP contribution is -2.36. The number of nitrogens with zero attached hydrogens (tertiary/aromatic N) is 1. The summed E-state index contributed by atoms with van der Waals surface area (Å²) in [6, 6.07) is 11.9. The summed E-state index contributed by atoms with van der Waals surface area (Å²) in [6.45, 7) is 2.22. The van der Waals surface area contributed by atoms with Gasteiger partial charge in [-0.05, 0) is 43.6 Å². The highest BCUT2D eigenvalue weighted by molar-refractivity contribution is 5.20. The van der Waals surface area contributed by atoms with Crippen molar-refractivity contribution in [2.24, 2.45) is 0 Å². The molecule has 1 aromatic heterocycles. The average Bonchev–Trinajstić information content (AvgIpc) is 3.08. The predicted molar refractivity (Wildman–Crippen MR) is 86.2 cm³/mol. The molecular weight excluding hydrogens is 258 g/mol. The number of imidazole rings is 1. The molecule has 1 saturated carbocycles. The van der Waals surface area contributed by atoms with E-state index in [0.717, 1.165) is 18.2 Å². The Morgan fingerprint density at radius 2 is 1.95 bits per heavy atom. The van der Waals surface area contributed by atoms with Crippen molar-refractivity contribution in [1.82, 2.24) is 15.3 Å². The summed E-state index contributed by atoms with van der Waals surface area (Å²) in [5.41, 5.74) is 1.51. The van der Waals surface area contributed by atoms with E-state index in [9.17, 15) is 0 Å². The van der Waals surface area contributed by atoms with Gasteiger partial charge in [-0.3, -0.25) is 0 Å². The zero-order valence-corrected chi connectivity index (χ0v) is 12.8. The molecule has 0 spiro atoms. The van der Waals surface area contributed by atoms with Crippen molar-refractivity contribution in [3.05, 3.63) is 54.1 Å². The molecule has 1 aliphatic carbocycles. The van der Waals surface area contributed by atoms with Gasteiger partial charge >= 0.3 is 0 Å². The second kappa shape index (κ2) is 6.90. The number of aromatic nitrogens is 2. The van der Waals surface area contributed by atoms with Gasteiger partial charge in [0.1, 0.15) is 5.82 Å². The summed E-state index contributed by atoms with van der Waals surface area (Å²) in [7, 11) is 0. The van der Waals surface area contributed by atoms with Crippen molar-refractivity contribution in [1.29, 1.82) is 0 Å². The molecule has 3 rings (SSSR count). The second-order valence-electron chi connectivity index (χ2n) is 6.06. The first-order chi connectivity index (χ1) is 10.4. The summed E-state index contributed by atoms with van der Waals surface area (Å²) in [6.07, 6.45) is 9.92. The number of benzene rings is 1. The summed E-state index contributed by atoms with van der Waals surface area (Å²) in [4.78, 5) is 7.64. The van der Waals surface area contributed by atoms with Crippen molar-refractivity contribution in [2.75, 3.05) is 0 Å². The molecule has 1 unspecified atom stereocenters. The Morgan fingerprint density at radius 1 is 1.19 bits per heavy atom. The molecule has 3 nitrogen and oxygen atoms in total. The molecule has 0 bridgehead atoms. The number of H-pyrrole nitrogens is 1. The Labute approximate surface area is 127 Å². The maximum absolute atomic E-state index is 4.40. The van der Waals surface area contributed by atoms with E-state index in [1.165, 1.54) is 31.2 Å². The summed E-state index contributed by atoms with van der Waals surface area (Å²) in [5.74, 6) is 1.82. The van der Waals surface area contributed by atoms with Gasteiger partial charge in [0.2, 0.25) is 0 Å². The first kappa shape index (κ1) is 14.3. The average molecular weight is 283 g/mol. The van der Waals surface area contributed by atoms with E-state index in [1.54, 1.807) is 0 Å². The molecule has 1 heterocycles. The Morgan fingerprint density at radius 3 is 2.57 bits per heavy atom. The Hall–Kier alpha value is -1.61. The number of nitrogens with one attached hydrogen (secondary N) is 2. The molecule has 0 aliphatic heterocycles. The SMILES string of the molecule is CCC(NC1CCC(c2ccccc2)CC1)c1ncc[nH]1. The van der Waals surface area contributed by atoms with E-state index in [-0.39, 0.29) is 0 Å². The first-order valence-corrected chi connectivity index (χ1v) is 8.17. The molecule has 1 fully saturated rings. The molecular formula is C18H25N3. The minimum atomic E-state index is 0.360. The minimum Gasteiger partial charge on any atom is -0.347 e. The van der Waals surface area contributed by atoms with Gasteiger partial charge in [-0.25, -0.2) is 4.98 Å². The highest BCUT2D eigenvalue weighted by Gasteiger charge is 2.24. The minimum absolute atomic E-state index is 0.360. The molecule has 2 N–H and O–H groups in total. The van der Waals surface area contributed by atoms with Crippen LogP contribution in [-0.4, -0.2) is 16.0 Å². The third kappa shape index (κ3) is 3.53. The van der Waals surface area contributed by atoms with E-state index in [2.05, 4.69) is 52.5 Å². The van der Waals surface area contributed by atoms with E-state index in [0.29, 0.717) is 12.1 Å². The fourth-order valence-corrected chi connectivity index (χ4v) is 3.46. The van der Waals surface area contributed by atoms with Crippen molar-refractivity contribution in [3.8, 4) is 0 Å². The zero-order chi connectivity index (χ0) is 14.5. The van der Waals surface area contributed by atoms with Crippen LogP contribution in [0.3, 0.4) is 0 Å². The Bertz CT molecular complexity index is 513. The number of rotatable bonds is 5. The van der Waals surface area contributed by atoms with E-state index < -0.39 is 0 Å².